The molecule has 0 aromatic rings. The van der Waals surface area contributed by atoms with Crippen LogP contribution in [-0.2, 0) is 19.2 Å². The smallest absolute Gasteiger partial charge is 0.236 e. The first-order chi connectivity index (χ1) is 7.50. The first-order valence-electron chi connectivity index (χ1n) is 4.89. The predicted octanol–water partition coefficient (Wildman–Crippen LogP) is -1.87. The standard InChI is InChI=1S/C9H13N3O4/c10-6(13)5-11-7(14)3-4-12-8(15)1-2-9(12)16/h1-5H2,(H2,10,13)(H,11,14). The fourth-order valence-electron chi connectivity index (χ4n) is 1.36. The molecular formula is C9H13N3O4. The molecule has 16 heavy (non-hydrogen) atoms. The van der Waals surface area contributed by atoms with Crippen molar-refractivity contribution in [2.45, 2.75) is 19.3 Å². The lowest BCUT2D eigenvalue weighted by Crippen LogP contribution is -2.37. The van der Waals surface area contributed by atoms with Crippen LogP contribution in [0.1, 0.15) is 19.3 Å². The van der Waals surface area contributed by atoms with E-state index >= 15 is 0 Å². The van der Waals surface area contributed by atoms with Crippen LogP contribution >= 0.6 is 0 Å². The fourth-order valence-corrected chi connectivity index (χ4v) is 1.36. The third kappa shape index (κ3) is 3.34. The van der Waals surface area contributed by atoms with Crippen LogP contribution in [0, 0.1) is 0 Å². The molecule has 0 saturated carbocycles. The second-order valence-corrected chi connectivity index (χ2v) is 3.43. The van der Waals surface area contributed by atoms with Gasteiger partial charge in [-0.1, -0.05) is 0 Å². The van der Waals surface area contributed by atoms with E-state index < -0.39 is 11.8 Å². The topological polar surface area (TPSA) is 110 Å². The average molecular weight is 227 g/mol. The molecule has 7 heteroatoms. The summed E-state index contributed by atoms with van der Waals surface area (Å²) < 4.78 is 0. The number of hydrogen-bond acceptors (Lipinski definition) is 4. The SMILES string of the molecule is NC(=O)CNC(=O)CCN1C(=O)CCC1=O. The van der Waals surface area contributed by atoms with E-state index in [2.05, 4.69) is 5.32 Å². The zero-order valence-electron chi connectivity index (χ0n) is 8.69. The van der Waals surface area contributed by atoms with Gasteiger partial charge < -0.3 is 11.1 Å². The summed E-state index contributed by atoms with van der Waals surface area (Å²) in [5.74, 6) is -1.56. The fraction of sp³-hybridized carbons (Fsp3) is 0.556. The molecule has 0 aromatic carbocycles. The molecule has 1 aliphatic rings. The number of rotatable bonds is 5. The van der Waals surface area contributed by atoms with Gasteiger partial charge in [0.05, 0.1) is 6.54 Å². The van der Waals surface area contributed by atoms with Crippen molar-refractivity contribution in [3.8, 4) is 0 Å². The monoisotopic (exact) mass is 227 g/mol. The molecule has 0 unspecified atom stereocenters. The number of carbonyl (C=O) groups is 4. The summed E-state index contributed by atoms with van der Waals surface area (Å²) in [6.07, 6.45) is 0.411. The van der Waals surface area contributed by atoms with Crippen molar-refractivity contribution in [1.29, 1.82) is 0 Å². The largest absolute Gasteiger partial charge is 0.368 e. The average Bonchev–Trinajstić information content (AvgIpc) is 2.53. The Kier molecular flexibility index (Phi) is 3.98. The minimum absolute atomic E-state index is 0.00917. The molecule has 4 amide bonds. The Balaban J connectivity index is 2.28. The van der Waals surface area contributed by atoms with Crippen molar-refractivity contribution in [3.05, 3.63) is 0 Å². The Hall–Kier alpha value is -1.92. The molecule has 88 valence electrons. The molecular weight excluding hydrogens is 214 g/mol. The van der Waals surface area contributed by atoms with Gasteiger partial charge in [0.25, 0.3) is 0 Å². The third-order valence-corrected chi connectivity index (χ3v) is 2.18. The molecule has 1 fully saturated rings. The number of hydrogen-bond donors (Lipinski definition) is 2. The highest BCUT2D eigenvalue weighted by Crippen LogP contribution is 2.11. The molecule has 0 aliphatic carbocycles. The summed E-state index contributed by atoms with van der Waals surface area (Å²) in [6, 6.07) is 0. The van der Waals surface area contributed by atoms with E-state index in [1.54, 1.807) is 0 Å². The number of amides is 4. The summed E-state index contributed by atoms with van der Waals surface area (Å²) in [5, 5.41) is 2.27. The van der Waals surface area contributed by atoms with Gasteiger partial charge in [-0.25, -0.2) is 0 Å². The molecule has 1 aliphatic heterocycles. The molecule has 1 saturated heterocycles. The Morgan fingerprint density at radius 3 is 2.31 bits per heavy atom. The number of carbonyl (C=O) groups excluding carboxylic acids is 4. The van der Waals surface area contributed by atoms with Crippen molar-refractivity contribution in [2.75, 3.05) is 13.1 Å². The van der Waals surface area contributed by atoms with Crippen molar-refractivity contribution in [3.63, 3.8) is 0 Å². The van der Waals surface area contributed by atoms with E-state index in [4.69, 9.17) is 5.73 Å². The molecule has 0 spiro atoms. The number of nitrogens with one attached hydrogen (secondary N) is 1. The van der Waals surface area contributed by atoms with E-state index in [1.165, 1.54) is 0 Å². The third-order valence-electron chi connectivity index (χ3n) is 2.18. The van der Waals surface area contributed by atoms with Gasteiger partial charge in [-0.2, -0.15) is 0 Å². The number of likely N-dealkylation sites (tertiary alicyclic amines) is 1. The van der Waals surface area contributed by atoms with E-state index in [0.29, 0.717) is 0 Å². The quantitative estimate of drug-likeness (QED) is 0.536. The van der Waals surface area contributed by atoms with Gasteiger partial charge in [0.1, 0.15) is 0 Å². The maximum Gasteiger partial charge on any atom is 0.236 e. The first kappa shape index (κ1) is 12.2. The number of nitrogens with two attached hydrogens (primary N) is 1. The van der Waals surface area contributed by atoms with E-state index in [-0.39, 0.29) is 44.2 Å². The van der Waals surface area contributed by atoms with Crippen LogP contribution in [0.4, 0.5) is 0 Å². The van der Waals surface area contributed by atoms with Crippen LogP contribution in [0.3, 0.4) is 0 Å². The lowest BCUT2D eigenvalue weighted by atomic mass is 10.3. The maximum atomic E-state index is 11.2. The van der Waals surface area contributed by atoms with Crippen LogP contribution in [0.25, 0.3) is 0 Å². The van der Waals surface area contributed by atoms with Crippen molar-refractivity contribution in [1.82, 2.24) is 10.2 Å². The van der Waals surface area contributed by atoms with E-state index in [1.807, 2.05) is 0 Å². The van der Waals surface area contributed by atoms with Gasteiger partial charge in [0, 0.05) is 25.8 Å². The highest BCUT2D eigenvalue weighted by molar-refractivity contribution is 6.02. The van der Waals surface area contributed by atoms with E-state index in [9.17, 15) is 19.2 Å². The normalized spacial score (nSPS) is 15.4. The summed E-state index contributed by atoms with van der Waals surface area (Å²) in [6.45, 7) is -0.178. The Morgan fingerprint density at radius 2 is 1.81 bits per heavy atom. The number of imide groups is 1. The lowest BCUT2D eigenvalue weighted by Gasteiger charge is -2.12. The predicted molar refractivity (Wildman–Crippen MR) is 52.8 cm³/mol. The van der Waals surface area contributed by atoms with Crippen LogP contribution < -0.4 is 11.1 Å². The summed E-state index contributed by atoms with van der Waals surface area (Å²) >= 11 is 0. The second-order valence-electron chi connectivity index (χ2n) is 3.43. The molecule has 3 N–H and O–H groups in total. The number of primary amides is 1. The van der Waals surface area contributed by atoms with Gasteiger partial charge >= 0.3 is 0 Å². The van der Waals surface area contributed by atoms with Gasteiger partial charge in [-0.3, -0.25) is 24.1 Å². The first-order valence-corrected chi connectivity index (χ1v) is 4.89. The Bertz CT molecular complexity index is 324. The van der Waals surface area contributed by atoms with Gasteiger partial charge in [-0.15, -0.1) is 0 Å². The van der Waals surface area contributed by atoms with Crippen LogP contribution in [0.5, 0.6) is 0 Å². The Labute approximate surface area is 91.9 Å². The van der Waals surface area contributed by atoms with Gasteiger partial charge in [0.15, 0.2) is 0 Å². The molecule has 0 radical (unpaired) electrons. The zero-order chi connectivity index (χ0) is 12.1. The van der Waals surface area contributed by atoms with Crippen molar-refractivity contribution < 1.29 is 19.2 Å². The van der Waals surface area contributed by atoms with Crippen molar-refractivity contribution in [2.24, 2.45) is 5.73 Å². The highest BCUT2D eigenvalue weighted by atomic mass is 16.2. The van der Waals surface area contributed by atoms with Crippen LogP contribution in [-0.4, -0.2) is 41.6 Å². The van der Waals surface area contributed by atoms with E-state index in [0.717, 1.165) is 4.90 Å². The van der Waals surface area contributed by atoms with Crippen molar-refractivity contribution >= 4 is 23.6 Å². The van der Waals surface area contributed by atoms with Crippen LogP contribution in [0.15, 0.2) is 0 Å². The van der Waals surface area contributed by atoms with Crippen LogP contribution in [0.2, 0.25) is 0 Å². The summed E-state index contributed by atoms with van der Waals surface area (Å²) in [4.78, 5) is 44.9. The summed E-state index contributed by atoms with van der Waals surface area (Å²) in [7, 11) is 0. The molecule has 7 nitrogen and oxygen atoms in total. The molecule has 0 atom stereocenters. The molecule has 0 bridgehead atoms. The Morgan fingerprint density at radius 1 is 1.25 bits per heavy atom. The molecule has 1 heterocycles. The zero-order valence-corrected chi connectivity index (χ0v) is 8.69. The highest BCUT2D eigenvalue weighted by Gasteiger charge is 2.28. The number of nitrogens with zero attached hydrogens (tertiary/aromatic N) is 1. The molecule has 0 aromatic heterocycles. The summed E-state index contributed by atoms with van der Waals surface area (Å²) in [5.41, 5.74) is 4.83. The minimum atomic E-state index is -0.637. The maximum absolute atomic E-state index is 11.2. The van der Waals surface area contributed by atoms with Gasteiger partial charge in [0.2, 0.25) is 23.6 Å². The molecule has 1 rings (SSSR count). The van der Waals surface area contributed by atoms with Gasteiger partial charge in [-0.05, 0) is 0 Å². The second kappa shape index (κ2) is 5.24. The minimum Gasteiger partial charge on any atom is -0.368 e. The lowest BCUT2D eigenvalue weighted by molar-refractivity contribution is -0.138.